The second-order valence-electron chi connectivity index (χ2n) is 11.6. The average molecular weight is 501 g/mol. The molecule has 4 heteroatoms. The van der Waals surface area contributed by atoms with Crippen LogP contribution in [0.2, 0.25) is 0 Å². The molecule has 0 fully saturated rings. The van der Waals surface area contributed by atoms with Crippen molar-refractivity contribution < 1.29 is 20.4 Å². The van der Waals surface area contributed by atoms with E-state index in [9.17, 15) is 20.4 Å². The van der Waals surface area contributed by atoms with Gasteiger partial charge in [-0.15, -0.1) is 0 Å². The van der Waals surface area contributed by atoms with Crippen molar-refractivity contribution in [3.63, 3.8) is 0 Å². The Morgan fingerprint density at radius 1 is 0.314 bits per heavy atom. The monoisotopic (exact) mass is 500 g/mol. The molecule has 0 heterocycles. The zero-order valence-electron chi connectivity index (χ0n) is 23.9. The summed E-state index contributed by atoms with van der Waals surface area (Å²) in [6.45, 7) is 4.57. The second-order valence-corrected chi connectivity index (χ2v) is 11.6. The van der Waals surface area contributed by atoms with Crippen molar-refractivity contribution in [1.82, 2.24) is 0 Å². The lowest BCUT2D eigenvalue weighted by atomic mass is 9.74. The summed E-state index contributed by atoms with van der Waals surface area (Å²) in [7, 11) is 0. The van der Waals surface area contributed by atoms with Gasteiger partial charge >= 0.3 is 0 Å². The third-order valence-corrected chi connectivity index (χ3v) is 8.38. The summed E-state index contributed by atoms with van der Waals surface area (Å²) >= 11 is 0. The molecule has 0 spiro atoms. The number of unbranched alkanes of at least 4 members (excludes halogenated alkanes) is 16. The topological polar surface area (TPSA) is 80.9 Å². The number of hydrogen-bond acceptors (Lipinski definition) is 4. The van der Waals surface area contributed by atoms with Crippen LogP contribution in [0.1, 0.15) is 162 Å². The maximum absolute atomic E-state index is 10.1. The van der Waals surface area contributed by atoms with E-state index in [1.807, 2.05) is 0 Å². The van der Waals surface area contributed by atoms with Crippen LogP contribution in [0.25, 0.3) is 0 Å². The first-order valence-electron chi connectivity index (χ1n) is 15.5. The van der Waals surface area contributed by atoms with Crippen molar-refractivity contribution in [2.45, 2.75) is 162 Å². The third kappa shape index (κ3) is 17.8. The van der Waals surface area contributed by atoms with Crippen LogP contribution in [0, 0.1) is 10.8 Å². The predicted molar refractivity (Wildman–Crippen MR) is 151 cm³/mol. The zero-order valence-corrected chi connectivity index (χ0v) is 23.9. The number of aliphatic hydroxyl groups is 4. The molecule has 0 amide bonds. The molecular formula is C31H64O4. The third-order valence-electron chi connectivity index (χ3n) is 8.38. The van der Waals surface area contributed by atoms with E-state index < -0.39 is 10.8 Å². The van der Waals surface area contributed by atoms with E-state index in [1.165, 1.54) is 103 Å². The van der Waals surface area contributed by atoms with Gasteiger partial charge in [-0.25, -0.2) is 0 Å². The molecule has 0 aromatic heterocycles. The Morgan fingerprint density at radius 3 is 0.800 bits per heavy atom. The van der Waals surface area contributed by atoms with Gasteiger partial charge in [0.2, 0.25) is 0 Å². The molecule has 0 aromatic rings. The Kier molecular flexibility index (Phi) is 24.1. The Balaban J connectivity index is 4.22. The molecular weight excluding hydrogens is 436 g/mol. The van der Waals surface area contributed by atoms with E-state index in [4.69, 9.17) is 0 Å². The first kappa shape index (κ1) is 34.8. The van der Waals surface area contributed by atoms with E-state index in [-0.39, 0.29) is 26.4 Å². The minimum absolute atomic E-state index is 0.0179. The van der Waals surface area contributed by atoms with Crippen LogP contribution in [0.5, 0.6) is 0 Å². The maximum Gasteiger partial charge on any atom is 0.0509 e. The fraction of sp³-hybridized carbons (Fsp3) is 1.00. The first-order valence-corrected chi connectivity index (χ1v) is 15.5. The summed E-state index contributed by atoms with van der Waals surface area (Å²) in [5.74, 6) is 0. The average Bonchev–Trinajstić information content (AvgIpc) is 2.89. The molecule has 4 nitrogen and oxygen atoms in total. The summed E-state index contributed by atoms with van der Waals surface area (Å²) in [6.07, 6.45) is 27.0. The molecule has 35 heavy (non-hydrogen) atoms. The Bertz CT molecular complexity index is 380. The smallest absolute Gasteiger partial charge is 0.0509 e. The van der Waals surface area contributed by atoms with Crippen molar-refractivity contribution >= 4 is 0 Å². The SMILES string of the molecule is CCCCCCCCCCCC(CO)(CO)CCCC(CO)(CO)CCCCCCCCCCC. The van der Waals surface area contributed by atoms with Crippen LogP contribution in [0.3, 0.4) is 0 Å². The normalized spacial score (nSPS) is 12.5. The highest BCUT2D eigenvalue weighted by Crippen LogP contribution is 2.36. The van der Waals surface area contributed by atoms with Crippen LogP contribution in [-0.4, -0.2) is 46.9 Å². The van der Waals surface area contributed by atoms with Gasteiger partial charge in [-0.1, -0.05) is 136 Å². The van der Waals surface area contributed by atoms with Gasteiger partial charge in [-0.05, 0) is 25.7 Å². The summed E-state index contributed by atoms with van der Waals surface area (Å²) in [5, 5.41) is 40.3. The van der Waals surface area contributed by atoms with Gasteiger partial charge in [-0.3, -0.25) is 0 Å². The van der Waals surface area contributed by atoms with Gasteiger partial charge in [0, 0.05) is 10.8 Å². The lowest BCUT2D eigenvalue weighted by Gasteiger charge is -2.34. The Morgan fingerprint density at radius 2 is 0.543 bits per heavy atom. The molecule has 0 aliphatic rings. The highest BCUT2D eigenvalue weighted by Gasteiger charge is 2.32. The standard InChI is InChI=1S/C31H64O4/c1-3-5-7-9-11-13-15-17-19-22-30(26-32,27-33)24-21-25-31(28-34,29-35)23-20-18-16-14-12-10-8-6-4-2/h32-35H,3-29H2,1-2H3. The molecule has 0 bridgehead atoms. The van der Waals surface area contributed by atoms with Gasteiger partial charge in [0.15, 0.2) is 0 Å². The van der Waals surface area contributed by atoms with Crippen LogP contribution in [0.4, 0.5) is 0 Å². The number of aliphatic hydroxyl groups excluding tert-OH is 4. The van der Waals surface area contributed by atoms with E-state index >= 15 is 0 Å². The maximum atomic E-state index is 10.1. The molecule has 0 unspecified atom stereocenters. The Labute approximate surface area is 219 Å². The summed E-state index contributed by atoms with van der Waals surface area (Å²) < 4.78 is 0. The summed E-state index contributed by atoms with van der Waals surface area (Å²) in [4.78, 5) is 0. The highest BCUT2D eigenvalue weighted by molar-refractivity contribution is 4.82. The molecule has 0 saturated heterocycles. The minimum atomic E-state index is -0.421. The molecule has 0 rings (SSSR count). The van der Waals surface area contributed by atoms with Gasteiger partial charge < -0.3 is 20.4 Å². The van der Waals surface area contributed by atoms with Crippen molar-refractivity contribution in [2.75, 3.05) is 26.4 Å². The van der Waals surface area contributed by atoms with Crippen molar-refractivity contribution in [1.29, 1.82) is 0 Å². The predicted octanol–water partition coefficient (Wildman–Crippen LogP) is 7.94. The lowest BCUT2D eigenvalue weighted by molar-refractivity contribution is 0.0133. The zero-order chi connectivity index (χ0) is 26.1. The summed E-state index contributed by atoms with van der Waals surface area (Å²) in [5.41, 5.74) is -0.842. The van der Waals surface area contributed by atoms with Crippen molar-refractivity contribution in [3.8, 4) is 0 Å². The number of hydrogen-bond donors (Lipinski definition) is 4. The van der Waals surface area contributed by atoms with Gasteiger partial charge in [-0.2, -0.15) is 0 Å². The fourth-order valence-corrected chi connectivity index (χ4v) is 5.44. The van der Waals surface area contributed by atoms with E-state index in [0.29, 0.717) is 0 Å². The van der Waals surface area contributed by atoms with Crippen LogP contribution in [-0.2, 0) is 0 Å². The quantitative estimate of drug-likeness (QED) is 0.0822. The molecule has 0 aliphatic heterocycles. The Hall–Kier alpha value is -0.160. The molecule has 212 valence electrons. The van der Waals surface area contributed by atoms with Crippen molar-refractivity contribution in [2.24, 2.45) is 10.8 Å². The number of rotatable bonds is 28. The van der Waals surface area contributed by atoms with Crippen LogP contribution >= 0.6 is 0 Å². The lowest BCUT2D eigenvalue weighted by Crippen LogP contribution is -2.33. The first-order chi connectivity index (χ1) is 17.1. The van der Waals surface area contributed by atoms with Gasteiger partial charge in [0.25, 0.3) is 0 Å². The molecule has 4 N–H and O–H groups in total. The minimum Gasteiger partial charge on any atom is -0.396 e. The van der Waals surface area contributed by atoms with Crippen LogP contribution < -0.4 is 0 Å². The van der Waals surface area contributed by atoms with E-state index in [2.05, 4.69) is 13.8 Å². The van der Waals surface area contributed by atoms with Gasteiger partial charge in [0.05, 0.1) is 26.4 Å². The van der Waals surface area contributed by atoms with E-state index in [0.717, 1.165) is 44.9 Å². The summed E-state index contributed by atoms with van der Waals surface area (Å²) in [6, 6.07) is 0. The second kappa shape index (κ2) is 24.2. The van der Waals surface area contributed by atoms with Crippen molar-refractivity contribution in [3.05, 3.63) is 0 Å². The van der Waals surface area contributed by atoms with Gasteiger partial charge in [0.1, 0.15) is 0 Å². The van der Waals surface area contributed by atoms with E-state index in [1.54, 1.807) is 0 Å². The molecule has 0 radical (unpaired) electrons. The molecule has 0 saturated carbocycles. The molecule has 0 atom stereocenters. The fourth-order valence-electron chi connectivity index (χ4n) is 5.44. The molecule has 0 aromatic carbocycles. The molecule has 0 aliphatic carbocycles. The largest absolute Gasteiger partial charge is 0.396 e. The van der Waals surface area contributed by atoms with Crippen LogP contribution in [0.15, 0.2) is 0 Å². The highest BCUT2D eigenvalue weighted by atomic mass is 16.3.